The van der Waals surface area contributed by atoms with Crippen molar-refractivity contribution in [3.63, 3.8) is 0 Å². The van der Waals surface area contributed by atoms with Gasteiger partial charge in [-0.05, 0) is 37.1 Å². The Hall–Kier alpha value is -3.13. The van der Waals surface area contributed by atoms with Gasteiger partial charge in [-0.2, -0.15) is 0 Å². The van der Waals surface area contributed by atoms with Crippen LogP contribution >= 0.6 is 0 Å². The largest absolute Gasteiger partial charge is 0.459 e. The third kappa shape index (κ3) is 5.27. The number of hydrogen-bond acceptors (Lipinski definition) is 4. The van der Waals surface area contributed by atoms with E-state index >= 15 is 0 Å². The lowest BCUT2D eigenvalue weighted by molar-refractivity contribution is -0.896. The molecule has 0 spiro atoms. The summed E-state index contributed by atoms with van der Waals surface area (Å²) in [6.45, 7) is 6.69. The second kappa shape index (κ2) is 9.58. The zero-order valence-corrected chi connectivity index (χ0v) is 17.7. The Kier molecular flexibility index (Phi) is 6.89. The lowest BCUT2D eigenvalue weighted by Crippen LogP contribution is -3.15. The van der Waals surface area contributed by atoms with E-state index < -0.39 is 0 Å². The fourth-order valence-corrected chi connectivity index (χ4v) is 3.60. The fraction of sp³-hybridized carbons (Fsp3) is 0.409. The molecule has 8 heteroatoms. The Morgan fingerprint density at radius 2 is 1.77 bits per heavy atom. The summed E-state index contributed by atoms with van der Waals surface area (Å²) >= 11 is 0. The maximum absolute atomic E-state index is 12.6. The van der Waals surface area contributed by atoms with Crippen molar-refractivity contribution in [1.82, 2.24) is 9.80 Å². The third-order valence-electron chi connectivity index (χ3n) is 5.44. The number of rotatable bonds is 6. The molecule has 2 heterocycles. The number of amides is 3. The van der Waals surface area contributed by atoms with Gasteiger partial charge < -0.3 is 24.4 Å². The van der Waals surface area contributed by atoms with Crippen LogP contribution in [0.2, 0.25) is 0 Å². The first-order valence-electron chi connectivity index (χ1n) is 10.1. The van der Waals surface area contributed by atoms with Gasteiger partial charge in [-0.15, -0.1) is 0 Å². The zero-order chi connectivity index (χ0) is 21.7. The fourth-order valence-electron chi connectivity index (χ4n) is 3.60. The second-order valence-electron chi connectivity index (χ2n) is 7.76. The second-order valence-corrected chi connectivity index (χ2v) is 7.76. The minimum atomic E-state index is -0.216. The average molecular weight is 413 g/mol. The number of carbonyl (C=O) groups is 3. The normalized spacial score (nSPS) is 14.4. The molecule has 3 amide bonds. The number of furan rings is 1. The van der Waals surface area contributed by atoms with Gasteiger partial charge in [0.25, 0.3) is 11.8 Å². The molecule has 1 aliphatic rings. The van der Waals surface area contributed by atoms with Crippen LogP contribution in [0.5, 0.6) is 0 Å². The Bertz CT molecular complexity index is 882. The van der Waals surface area contributed by atoms with Gasteiger partial charge in [0.1, 0.15) is 0 Å². The van der Waals surface area contributed by atoms with Crippen molar-refractivity contribution >= 4 is 23.4 Å². The summed E-state index contributed by atoms with van der Waals surface area (Å²) in [6, 6.07) is 9.18. The SMILES string of the molecule is Cc1cccc(C)c1NC(=O)CN(C)C(=O)C[NH+]1CCN(C(=O)c2ccco2)CC1. The van der Waals surface area contributed by atoms with Crippen LogP contribution in [-0.2, 0) is 9.59 Å². The van der Waals surface area contributed by atoms with Crippen LogP contribution in [0.25, 0.3) is 0 Å². The van der Waals surface area contributed by atoms with E-state index in [1.165, 1.54) is 11.2 Å². The smallest absolute Gasteiger partial charge is 0.289 e. The summed E-state index contributed by atoms with van der Waals surface area (Å²) in [7, 11) is 1.64. The molecule has 0 atom stereocenters. The van der Waals surface area contributed by atoms with Crippen LogP contribution in [0.1, 0.15) is 21.7 Å². The Morgan fingerprint density at radius 1 is 1.10 bits per heavy atom. The molecule has 1 fully saturated rings. The Morgan fingerprint density at radius 3 is 2.37 bits per heavy atom. The molecule has 0 radical (unpaired) electrons. The molecule has 0 saturated carbocycles. The minimum Gasteiger partial charge on any atom is -0.459 e. The number of benzene rings is 1. The number of carbonyl (C=O) groups excluding carboxylic acids is 3. The highest BCUT2D eigenvalue weighted by Crippen LogP contribution is 2.19. The molecule has 160 valence electrons. The molecule has 1 aromatic carbocycles. The van der Waals surface area contributed by atoms with Gasteiger partial charge in [-0.3, -0.25) is 14.4 Å². The lowest BCUT2D eigenvalue weighted by Gasteiger charge is -2.32. The molecular formula is C22H29N4O4+. The van der Waals surface area contributed by atoms with Crippen molar-refractivity contribution in [3.05, 3.63) is 53.5 Å². The summed E-state index contributed by atoms with van der Waals surface area (Å²) in [5.41, 5.74) is 2.78. The predicted octanol–water partition coefficient (Wildman–Crippen LogP) is 0.334. The maximum Gasteiger partial charge on any atom is 0.289 e. The van der Waals surface area contributed by atoms with E-state index in [-0.39, 0.29) is 24.3 Å². The van der Waals surface area contributed by atoms with E-state index in [0.29, 0.717) is 38.5 Å². The number of aryl methyl sites for hydroxylation is 2. The zero-order valence-electron chi connectivity index (χ0n) is 17.7. The number of piperazine rings is 1. The van der Waals surface area contributed by atoms with Crippen LogP contribution < -0.4 is 10.2 Å². The van der Waals surface area contributed by atoms with Gasteiger partial charge in [0.05, 0.1) is 39.0 Å². The van der Waals surface area contributed by atoms with Crippen molar-refractivity contribution in [1.29, 1.82) is 0 Å². The van der Waals surface area contributed by atoms with E-state index in [1.54, 1.807) is 24.1 Å². The van der Waals surface area contributed by atoms with Gasteiger partial charge in [0, 0.05) is 12.7 Å². The highest BCUT2D eigenvalue weighted by molar-refractivity contribution is 5.95. The number of quaternary nitrogens is 1. The number of para-hydroxylation sites is 1. The van der Waals surface area contributed by atoms with Gasteiger partial charge in [-0.1, -0.05) is 18.2 Å². The van der Waals surface area contributed by atoms with E-state index in [9.17, 15) is 14.4 Å². The number of anilines is 1. The number of nitrogens with one attached hydrogen (secondary N) is 2. The van der Waals surface area contributed by atoms with E-state index in [1.807, 2.05) is 32.0 Å². The molecule has 1 saturated heterocycles. The van der Waals surface area contributed by atoms with Crippen molar-refractivity contribution in [2.24, 2.45) is 0 Å². The Labute approximate surface area is 176 Å². The van der Waals surface area contributed by atoms with Crippen molar-refractivity contribution < 1.29 is 23.7 Å². The summed E-state index contributed by atoms with van der Waals surface area (Å²) in [5.74, 6) is -0.0885. The first-order chi connectivity index (χ1) is 14.3. The first kappa shape index (κ1) is 21.6. The lowest BCUT2D eigenvalue weighted by atomic mass is 10.1. The van der Waals surface area contributed by atoms with E-state index in [4.69, 9.17) is 4.42 Å². The summed E-state index contributed by atoms with van der Waals surface area (Å²) in [6.07, 6.45) is 1.49. The van der Waals surface area contributed by atoms with Gasteiger partial charge >= 0.3 is 0 Å². The minimum absolute atomic E-state index is 0.00297. The van der Waals surface area contributed by atoms with E-state index in [2.05, 4.69) is 5.32 Å². The predicted molar refractivity (Wildman–Crippen MR) is 112 cm³/mol. The molecule has 0 aliphatic carbocycles. The molecule has 2 aromatic rings. The van der Waals surface area contributed by atoms with Gasteiger partial charge in [0.2, 0.25) is 5.91 Å². The molecule has 0 unspecified atom stereocenters. The molecular weight excluding hydrogens is 384 g/mol. The third-order valence-corrected chi connectivity index (χ3v) is 5.44. The molecule has 3 rings (SSSR count). The van der Waals surface area contributed by atoms with Gasteiger partial charge in [0.15, 0.2) is 12.3 Å². The monoisotopic (exact) mass is 413 g/mol. The molecule has 1 aromatic heterocycles. The van der Waals surface area contributed by atoms with Crippen LogP contribution in [0, 0.1) is 13.8 Å². The van der Waals surface area contributed by atoms with Crippen LogP contribution in [0.15, 0.2) is 41.0 Å². The Balaban J connectivity index is 1.44. The highest BCUT2D eigenvalue weighted by Gasteiger charge is 2.28. The number of hydrogen-bond donors (Lipinski definition) is 2. The van der Waals surface area contributed by atoms with Crippen LogP contribution in [-0.4, -0.2) is 73.8 Å². The van der Waals surface area contributed by atoms with E-state index in [0.717, 1.165) is 21.7 Å². The quantitative estimate of drug-likeness (QED) is 0.715. The highest BCUT2D eigenvalue weighted by atomic mass is 16.3. The molecule has 1 aliphatic heterocycles. The molecule has 2 N–H and O–H groups in total. The first-order valence-corrected chi connectivity index (χ1v) is 10.1. The summed E-state index contributed by atoms with van der Waals surface area (Å²) in [5, 5.41) is 2.91. The summed E-state index contributed by atoms with van der Waals surface area (Å²) in [4.78, 5) is 41.6. The summed E-state index contributed by atoms with van der Waals surface area (Å²) < 4.78 is 5.17. The topological polar surface area (TPSA) is 87.3 Å². The van der Waals surface area contributed by atoms with Crippen molar-refractivity contribution in [3.8, 4) is 0 Å². The van der Waals surface area contributed by atoms with Crippen molar-refractivity contribution in [2.45, 2.75) is 13.8 Å². The van der Waals surface area contributed by atoms with Crippen molar-refractivity contribution in [2.75, 3.05) is 51.6 Å². The molecule has 8 nitrogen and oxygen atoms in total. The molecule has 0 bridgehead atoms. The maximum atomic E-state index is 12.6. The van der Waals surface area contributed by atoms with Crippen LogP contribution in [0.4, 0.5) is 5.69 Å². The van der Waals surface area contributed by atoms with Gasteiger partial charge in [-0.25, -0.2) is 0 Å². The number of likely N-dealkylation sites (N-methyl/N-ethyl adjacent to an activating group) is 1. The average Bonchev–Trinajstić information content (AvgIpc) is 3.25. The number of nitrogens with zero attached hydrogens (tertiary/aromatic N) is 2. The molecule has 30 heavy (non-hydrogen) atoms. The van der Waals surface area contributed by atoms with Crippen LogP contribution in [0.3, 0.4) is 0 Å². The standard InChI is InChI=1S/C22H28N4O4/c1-16-6-4-7-17(2)21(16)23-19(27)14-24(3)20(28)15-25-9-11-26(12-10-25)22(29)18-8-5-13-30-18/h4-8,13H,9-12,14-15H2,1-3H3,(H,23,27)/p+1.